The largest absolute Gasteiger partial charge is 0.347 e. The number of benzene rings is 2. The van der Waals surface area contributed by atoms with Gasteiger partial charge in [-0.25, -0.2) is 13.4 Å². The van der Waals surface area contributed by atoms with Crippen LogP contribution in [0, 0.1) is 0 Å². The van der Waals surface area contributed by atoms with Gasteiger partial charge in [0.25, 0.3) is 15.9 Å². The summed E-state index contributed by atoms with van der Waals surface area (Å²) in [5.41, 5.74) is 1.32. The Bertz CT molecular complexity index is 1160. The van der Waals surface area contributed by atoms with E-state index in [1.54, 1.807) is 35.9 Å². The number of nitrogens with one attached hydrogen (secondary N) is 1. The average molecular weight is 445 g/mol. The van der Waals surface area contributed by atoms with Crippen LogP contribution in [-0.2, 0) is 17.1 Å². The summed E-state index contributed by atoms with van der Waals surface area (Å²) in [5, 5.41) is 3.33. The molecular formula is C21H21ClN4O3S. The number of hydrogen-bond donors (Lipinski definition) is 1. The maximum Gasteiger partial charge on any atom is 0.262 e. The van der Waals surface area contributed by atoms with Crippen LogP contribution in [0.5, 0.6) is 0 Å². The summed E-state index contributed by atoms with van der Waals surface area (Å²) >= 11 is 6.16. The molecule has 0 saturated carbocycles. The second-order valence-electron chi connectivity index (χ2n) is 7.28. The van der Waals surface area contributed by atoms with E-state index in [2.05, 4.69) is 10.3 Å². The topological polar surface area (TPSA) is 84.3 Å². The maximum absolute atomic E-state index is 13.1. The van der Waals surface area contributed by atoms with Crippen molar-refractivity contribution in [2.45, 2.75) is 17.0 Å². The van der Waals surface area contributed by atoms with Gasteiger partial charge in [0.1, 0.15) is 0 Å². The fourth-order valence-electron chi connectivity index (χ4n) is 3.69. The van der Waals surface area contributed by atoms with Gasteiger partial charge in [0.05, 0.1) is 23.0 Å². The molecular weight excluding hydrogens is 424 g/mol. The Labute approximate surface area is 180 Å². The summed E-state index contributed by atoms with van der Waals surface area (Å²) in [4.78, 5) is 16.9. The number of rotatable bonds is 5. The fourth-order valence-corrected chi connectivity index (χ4v) is 5.37. The number of hydrogen-bond acceptors (Lipinski definition) is 4. The molecule has 30 heavy (non-hydrogen) atoms. The molecule has 4 rings (SSSR count). The molecule has 1 aliphatic heterocycles. The lowest BCUT2D eigenvalue weighted by Crippen LogP contribution is -2.40. The number of carbonyl (C=O) groups excluding carboxylic acids is 1. The monoisotopic (exact) mass is 444 g/mol. The van der Waals surface area contributed by atoms with Gasteiger partial charge in [0.15, 0.2) is 5.03 Å². The zero-order valence-corrected chi connectivity index (χ0v) is 17.8. The van der Waals surface area contributed by atoms with Crippen LogP contribution in [0.25, 0.3) is 0 Å². The quantitative estimate of drug-likeness (QED) is 0.655. The summed E-state index contributed by atoms with van der Waals surface area (Å²) in [6, 6.07) is 16.0. The van der Waals surface area contributed by atoms with Crippen LogP contribution in [0.3, 0.4) is 0 Å². The van der Waals surface area contributed by atoms with Gasteiger partial charge in [-0.2, -0.15) is 4.31 Å². The van der Waals surface area contributed by atoms with Crippen molar-refractivity contribution < 1.29 is 13.2 Å². The van der Waals surface area contributed by atoms with Crippen molar-refractivity contribution in [1.29, 1.82) is 0 Å². The average Bonchev–Trinajstić information content (AvgIpc) is 3.36. The Balaban J connectivity index is 1.63. The van der Waals surface area contributed by atoms with Crippen molar-refractivity contribution in [3.8, 4) is 0 Å². The number of sulfonamides is 1. The van der Waals surface area contributed by atoms with E-state index < -0.39 is 16.1 Å². The van der Waals surface area contributed by atoms with Gasteiger partial charge < -0.3 is 9.88 Å². The SMILES string of the molecule is Cn1cnc(S(=O)(=O)N2C[C@H](NC(=O)c3ccccc3Cl)[C@@H](c3ccccc3)C2)c1. The number of aromatic nitrogens is 2. The smallest absolute Gasteiger partial charge is 0.262 e. The Hall–Kier alpha value is -2.68. The number of aryl methyl sites for hydroxylation is 1. The van der Waals surface area contributed by atoms with Crippen molar-refractivity contribution in [2.75, 3.05) is 13.1 Å². The number of amides is 1. The van der Waals surface area contributed by atoms with Crippen molar-refractivity contribution in [2.24, 2.45) is 7.05 Å². The van der Waals surface area contributed by atoms with E-state index >= 15 is 0 Å². The highest BCUT2D eigenvalue weighted by atomic mass is 35.5. The minimum absolute atomic E-state index is 0.00473. The molecule has 7 nitrogen and oxygen atoms in total. The molecule has 0 spiro atoms. The molecule has 2 atom stereocenters. The van der Waals surface area contributed by atoms with Gasteiger partial charge in [0.2, 0.25) is 0 Å². The summed E-state index contributed by atoms with van der Waals surface area (Å²) in [6.07, 6.45) is 2.93. The van der Waals surface area contributed by atoms with E-state index in [1.165, 1.54) is 16.8 Å². The van der Waals surface area contributed by atoms with E-state index in [9.17, 15) is 13.2 Å². The molecule has 2 aromatic carbocycles. The van der Waals surface area contributed by atoms with Gasteiger partial charge in [-0.05, 0) is 17.7 Å². The molecule has 9 heteroatoms. The summed E-state index contributed by atoms with van der Waals surface area (Å²) in [5.74, 6) is -0.528. The summed E-state index contributed by atoms with van der Waals surface area (Å²) < 4.78 is 29.2. The van der Waals surface area contributed by atoms with Crippen LogP contribution in [-0.4, -0.2) is 47.3 Å². The minimum Gasteiger partial charge on any atom is -0.347 e. The van der Waals surface area contributed by atoms with Crippen LogP contribution < -0.4 is 5.32 Å². The molecule has 0 bridgehead atoms. The highest BCUT2D eigenvalue weighted by molar-refractivity contribution is 7.89. The highest BCUT2D eigenvalue weighted by Gasteiger charge is 2.41. The molecule has 1 saturated heterocycles. The molecule has 0 unspecified atom stereocenters. The number of imidazole rings is 1. The van der Waals surface area contributed by atoms with Gasteiger partial charge in [-0.3, -0.25) is 4.79 Å². The minimum atomic E-state index is -3.78. The second-order valence-corrected chi connectivity index (χ2v) is 9.57. The Morgan fingerprint density at radius 3 is 2.47 bits per heavy atom. The van der Waals surface area contributed by atoms with Gasteiger partial charge in [-0.1, -0.05) is 54.1 Å². The van der Waals surface area contributed by atoms with Crippen molar-refractivity contribution in [3.63, 3.8) is 0 Å². The Morgan fingerprint density at radius 2 is 1.80 bits per heavy atom. The standard InChI is InChI=1S/C21H21ClN4O3S/c1-25-13-20(23-14-25)30(28,29)26-11-17(15-7-3-2-4-8-15)19(12-26)24-21(27)16-9-5-6-10-18(16)22/h2-10,13-14,17,19H,11-12H2,1H3,(H,24,27)/t17-,19+/m1/s1. The van der Waals surface area contributed by atoms with E-state index in [0.717, 1.165) is 5.56 Å². The highest BCUT2D eigenvalue weighted by Crippen LogP contribution is 2.31. The summed E-state index contributed by atoms with van der Waals surface area (Å²) in [7, 11) is -2.06. The zero-order chi connectivity index (χ0) is 21.3. The van der Waals surface area contributed by atoms with Gasteiger partial charge in [0, 0.05) is 32.3 Å². The van der Waals surface area contributed by atoms with E-state index in [1.807, 2.05) is 30.3 Å². The van der Waals surface area contributed by atoms with Gasteiger partial charge >= 0.3 is 0 Å². The lowest BCUT2D eigenvalue weighted by Gasteiger charge is -2.20. The molecule has 1 aromatic heterocycles. The lowest BCUT2D eigenvalue weighted by molar-refractivity contribution is 0.0936. The number of carbonyl (C=O) groups is 1. The first-order valence-corrected chi connectivity index (χ1v) is 11.3. The van der Waals surface area contributed by atoms with Crippen molar-refractivity contribution >= 4 is 27.5 Å². The molecule has 0 aliphatic carbocycles. The molecule has 1 aliphatic rings. The van der Waals surface area contributed by atoms with Gasteiger partial charge in [-0.15, -0.1) is 0 Å². The van der Waals surface area contributed by atoms with Crippen LogP contribution >= 0.6 is 11.6 Å². The third-order valence-electron chi connectivity index (χ3n) is 5.23. The third-order valence-corrected chi connectivity index (χ3v) is 7.28. The first-order chi connectivity index (χ1) is 14.4. The summed E-state index contributed by atoms with van der Waals surface area (Å²) in [6.45, 7) is 0.394. The zero-order valence-electron chi connectivity index (χ0n) is 16.3. The predicted molar refractivity (Wildman–Crippen MR) is 114 cm³/mol. The second kappa shape index (κ2) is 8.22. The maximum atomic E-state index is 13.1. The van der Waals surface area contributed by atoms with Crippen LogP contribution in [0.2, 0.25) is 5.02 Å². The van der Waals surface area contributed by atoms with Crippen molar-refractivity contribution in [1.82, 2.24) is 19.2 Å². The first kappa shape index (κ1) is 20.6. The predicted octanol–water partition coefficient (Wildman–Crippen LogP) is 2.66. The van der Waals surface area contributed by atoms with Crippen LogP contribution in [0.4, 0.5) is 0 Å². The molecule has 1 amide bonds. The van der Waals surface area contributed by atoms with Crippen molar-refractivity contribution in [3.05, 3.63) is 83.3 Å². The van der Waals surface area contributed by atoms with Crippen LogP contribution in [0.15, 0.2) is 72.1 Å². The Morgan fingerprint density at radius 1 is 1.10 bits per heavy atom. The Kier molecular flexibility index (Phi) is 5.64. The molecule has 1 fully saturated rings. The van der Waals surface area contributed by atoms with E-state index in [-0.39, 0.29) is 29.9 Å². The molecule has 156 valence electrons. The fraction of sp³-hybridized carbons (Fsp3) is 0.238. The lowest BCUT2D eigenvalue weighted by atomic mass is 9.94. The molecule has 1 N–H and O–H groups in total. The molecule has 2 heterocycles. The van der Waals surface area contributed by atoms with Crippen LogP contribution in [0.1, 0.15) is 21.8 Å². The molecule has 3 aromatic rings. The van der Waals surface area contributed by atoms with E-state index in [4.69, 9.17) is 11.6 Å². The first-order valence-electron chi connectivity index (χ1n) is 9.44. The number of nitrogens with zero attached hydrogens (tertiary/aromatic N) is 3. The molecule has 0 radical (unpaired) electrons. The van der Waals surface area contributed by atoms with E-state index in [0.29, 0.717) is 10.6 Å². The third kappa shape index (κ3) is 3.98. The normalized spacial score (nSPS) is 19.7. The number of halogens is 1.